The molecule has 2 rings (SSSR count). The summed E-state index contributed by atoms with van der Waals surface area (Å²) >= 11 is 5.71. The van der Waals surface area contributed by atoms with Crippen molar-refractivity contribution >= 4 is 22.5 Å². The molecule has 1 aromatic heterocycles. The van der Waals surface area contributed by atoms with Gasteiger partial charge in [-0.2, -0.15) is 0 Å². The molecule has 5 heteroatoms. The number of H-pyrrole nitrogens is 1. The van der Waals surface area contributed by atoms with Gasteiger partial charge in [-0.05, 0) is 18.2 Å². The molecule has 1 heterocycles. The summed E-state index contributed by atoms with van der Waals surface area (Å²) in [5, 5.41) is 0.739. The van der Waals surface area contributed by atoms with Gasteiger partial charge in [0.15, 0.2) is 0 Å². The summed E-state index contributed by atoms with van der Waals surface area (Å²) in [6, 6.07) is 4.64. The van der Waals surface area contributed by atoms with E-state index in [1.807, 2.05) is 0 Å². The first-order chi connectivity index (χ1) is 6.66. The van der Waals surface area contributed by atoms with Crippen molar-refractivity contribution in [2.24, 2.45) is 0 Å². The van der Waals surface area contributed by atoms with Crippen LogP contribution in [0.15, 0.2) is 34.0 Å². The first kappa shape index (κ1) is 8.90. The smallest absolute Gasteiger partial charge is 0.279 e. The normalized spacial score (nSPS) is 10.4. The van der Waals surface area contributed by atoms with E-state index in [9.17, 15) is 9.59 Å². The number of nitrogens with one attached hydrogen (secondary N) is 1. The van der Waals surface area contributed by atoms with Gasteiger partial charge in [0, 0.05) is 5.02 Å². The van der Waals surface area contributed by atoms with E-state index >= 15 is 0 Å². The number of aromatic amines is 1. The molecule has 0 fully saturated rings. The lowest BCUT2D eigenvalue weighted by molar-refractivity contribution is 1.23. The summed E-state index contributed by atoms with van der Waals surface area (Å²) in [7, 11) is 0. The van der Waals surface area contributed by atoms with E-state index in [2.05, 4.69) is 9.97 Å². The summed E-state index contributed by atoms with van der Waals surface area (Å²) in [5.41, 5.74) is -0.456. The van der Waals surface area contributed by atoms with E-state index in [4.69, 9.17) is 11.6 Å². The number of hydrogen-bond acceptors (Lipinski definition) is 3. The van der Waals surface area contributed by atoms with Gasteiger partial charge in [-0.1, -0.05) is 11.6 Å². The van der Waals surface area contributed by atoms with Gasteiger partial charge in [0.2, 0.25) is 0 Å². The van der Waals surface area contributed by atoms with Crippen molar-refractivity contribution in [2.45, 2.75) is 0 Å². The first-order valence-corrected chi connectivity index (χ1v) is 4.23. The molecule has 1 aromatic carbocycles. The van der Waals surface area contributed by atoms with Crippen LogP contribution in [0.4, 0.5) is 0 Å². The van der Waals surface area contributed by atoms with Crippen LogP contribution in [0.25, 0.3) is 10.9 Å². The fourth-order valence-corrected chi connectivity index (χ4v) is 1.33. The maximum Gasteiger partial charge on any atom is 0.279 e. The molecule has 0 spiro atoms. The van der Waals surface area contributed by atoms with Crippen molar-refractivity contribution in [1.82, 2.24) is 9.97 Å². The lowest BCUT2D eigenvalue weighted by atomic mass is 10.2. The highest BCUT2D eigenvalue weighted by Gasteiger charge is 1.98. The average molecular weight is 209 g/mol. The van der Waals surface area contributed by atoms with E-state index in [1.165, 1.54) is 6.07 Å². The van der Waals surface area contributed by atoms with Crippen LogP contribution in [0.2, 0.25) is 5.02 Å². The second kappa shape index (κ2) is 3.23. The lowest BCUT2D eigenvalue weighted by Gasteiger charge is -1.90. The number of hydrogen-bond donors (Lipinski definition) is 1. The van der Waals surface area contributed by atoms with Crippen molar-refractivity contribution in [2.75, 3.05) is 0 Å². The molecule has 0 aliphatic heterocycles. The van der Waals surface area contributed by atoms with Gasteiger partial charge in [0.05, 0.1) is 17.1 Å². The molecular weight excluding hydrogens is 204 g/mol. The number of aromatic nitrogens is 2. The molecule has 0 aliphatic rings. The molecule has 1 N–H and O–H groups in total. The van der Waals surface area contributed by atoms with Gasteiger partial charge < -0.3 is 4.98 Å². The molecule has 14 heavy (non-hydrogen) atoms. The third-order valence-corrected chi connectivity index (χ3v) is 2.00. The highest BCUT2D eigenvalue weighted by atomic mass is 35.5. The Morgan fingerprint density at radius 2 is 2.07 bits per heavy atom. The van der Waals surface area contributed by atoms with E-state index in [0.717, 1.165) is 6.20 Å². The molecule has 0 saturated heterocycles. The third-order valence-electron chi connectivity index (χ3n) is 1.77. The van der Waals surface area contributed by atoms with Crippen molar-refractivity contribution < 1.29 is 0 Å². The molecule has 0 unspecified atom stereocenters. The third kappa shape index (κ3) is 1.52. The number of rotatable bonds is 0. The Morgan fingerprint density at radius 3 is 2.86 bits per heavy atom. The fraction of sp³-hybridized carbons (Fsp3) is 0. The van der Waals surface area contributed by atoms with Crippen LogP contribution < -0.4 is 11.1 Å². The minimum Gasteiger partial charge on any atom is -0.320 e. The number of nitrogens with zero attached hydrogens (tertiary/aromatic N) is 1. The molecule has 0 saturated carbocycles. The van der Waals surface area contributed by atoms with Crippen LogP contribution in [-0.2, 0) is 0 Å². The maximum atomic E-state index is 11.4. The van der Waals surface area contributed by atoms with Gasteiger partial charge in [-0.15, -0.1) is 0 Å². The van der Waals surface area contributed by atoms with Gasteiger partial charge in [0.25, 0.3) is 11.1 Å². The van der Waals surface area contributed by atoms with Crippen LogP contribution in [0.5, 0.6) is 0 Å². The molecule has 0 radical (unpaired) electrons. The summed E-state index contributed by atoms with van der Waals surface area (Å²) in [5.74, 6) is 0. The minimum absolute atomic E-state index is 0.305. The standard InChI is InChI=1S/C9H5ClN2O2/c10-5-1-2-7-6(3-5)9(14)11-4-8(13)12-7/h1-4H,(H,12,13). The lowest BCUT2D eigenvalue weighted by Crippen LogP contribution is -2.02. The molecule has 4 nitrogen and oxygen atoms in total. The molecule has 0 aliphatic carbocycles. The van der Waals surface area contributed by atoms with Crippen molar-refractivity contribution in [3.63, 3.8) is 0 Å². The summed E-state index contributed by atoms with van der Waals surface area (Å²) in [6.07, 6.45) is 0.955. The van der Waals surface area contributed by atoms with Crippen molar-refractivity contribution in [3.8, 4) is 0 Å². The van der Waals surface area contributed by atoms with Gasteiger partial charge >= 0.3 is 0 Å². The fourth-order valence-electron chi connectivity index (χ4n) is 1.15. The summed E-state index contributed by atoms with van der Waals surface area (Å²) in [6.45, 7) is 0. The molecule has 2 aromatic rings. The maximum absolute atomic E-state index is 11.4. The predicted molar refractivity (Wildman–Crippen MR) is 53.6 cm³/mol. The topological polar surface area (TPSA) is 62.8 Å². The largest absolute Gasteiger partial charge is 0.320 e. The second-order valence-corrected chi connectivity index (χ2v) is 3.18. The Morgan fingerprint density at radius 1 is 1.29 bits per heavy atom. The Labute approximate surface area is 83.2 Å². The quantitative estimate of drug-likeness (QED) is 0.701. The molecule has 70 valence electrons. The second-order valence-electron chi connectivity index (χ2n) is 2.74. The Hall–Kier alpha value is -1.68. The van der Waals surface area contributed by atoms with E-state index in [1.54, 1.807) is 12.1 Å². The van der Waals surface area contributed by atoms with Crippen molar-refractivity contribution in [1.29, 1.82) is 0 Å². The Bertz CT molecular complexity index is 606. The predicted octanol–water partition coefficient (Wildman–Crippen LogP) is 0.937. The van der Waals surface area contributed by atoms with E-state index in [0.29, 0.717) is 15.9 Å². The number of halogens is 1. The van der Waals surface area contributed by atoms with Gasteiger partial charge in [-0.3, -0.25) is 9.59 Å². The summed E-state index contributed by atoms with van der Waals surface area (Å²) < 4.78 is 0. The zero-order chi connectivity index (χ0) is 10.1. The van der Waals surface area contributed by atoms with E-state index < -0.39 is 11.1 Å². The van der Waals surface area contributed by atoms with E-state index in [-0.39, 0.29) is 0 Å². The average Bonchev–Trinajstić information content (AvgIpc) is 2.29. The number of benzene rings is 1. The van der Waals surface area contributed by atoms with Crippen LogP contribution in [0.1, 0.15) is 0 Å². The van der Waals surface area contributed by atoms with Crippen molar-refractivity contribution in [3.05, 3.63) is 50.1 Å². The molecular formula is C9H5ClN2O2. The summed E-state index contributed by atoms with van der Waals surface area (Å²) in [4.78, 5) is 28.3. The highest BCUT2D eigenvalue weighted by molar-refractivity contribution is 6.31. The molecule has 0 bridgehead atoms. The zero-order valence-electron chi connectivity index (χ0n) is 6.95. The van der Waals surface area contributed by atoms with Crippen LogP contribution in [-0.4, -0.2) is 9.97 Å². The Kier molecular flexibility index (Phi) is 2.05. The minimum atomic E-state index is -0.471. The van der Waals surface area contributed by atoms with Crippen LogP contribution in [0, 0.1) is 0 Å². The van der Waals surface area contributed by atoms with Gasteiger partial charge in [0.1, 0.15) is 0 Å². The van der Waals surface area contributed by atoms with Crippen LogP contribution >= 0.6 is 11.6 Å². The highest BCUT2D eigenvalue weighted by Crippen LogP contribution is 2.12. The van der Waals surface area contributed by atoms with Gasteiger partial charge in [-0.25, -0.2) is 4.98 Å². The zero-order valence-corrected chi connectivity index (χ0v) is 7.71. The molecule has 0 amide bonds. The monoisotopic (exact) mass is 208 g/mol. The molecule has 0 atom stereocenters. The first-order valence-electron chi connectivity index (χ1n) is 3.86. The van der Waals surface area contributed by atoms with Crippen LogP contribution in [0.3, 0.4) is 0 Å². The SMILES string of the molecule is O=c1cnc(=O)c2cc(Cl)ccc2[nH]1. The Balaban J connectivity index is 3.08. The number of fused-ring (bicyclic) bond motifs is 1.